The number of methoxy groups -OCH3 is 1. The molecule has 8 heteroatoms. The number of benzene rings is 2. The first-order valence-corrected chi connectivity index (χ1v) is 8.16. The Morgan fingerprint density at radius 2 is 2.00 bits per heavy atom. The SMILES string of the molecule is COc1ccc(Cl)cc1NC(=O)[C@@H](C)OC(=O)c1n[nH]c2ccccc12. The van der Waals surface area contributed by atoms with Crippen molar-refractivity contribution in [3.05, 3.63) is 53.2 Å². The average molecular weight is 374 g/mol. The van der Waals surface area contributed by atoms with Gasteiger partial charge in [-0.25, -0.2) is 4.79 Å². The molecule has 1 atom stereocenters. The van der Waals surface area contributed by atoms with Crippen molar-refractivity contribution < 1.29 is 19.1 Å². The van der Waals surface area contributed by atoms with Gasteiger partial charge < -0.3 is 14.8 Å². The minimum absolute atomic E-state index is 0.126. The second kappa shape index (κ2) is 7.45. The second-order valence-electron chi connectivity index (χ2n) is 5.50. The van der Waals surface area contributed by atoms with Crippen molar-refractivity contribution in [3.8, 4) is 5.75 Å². The molecule has 1 amide bonds. The summed E-state index contributed by atoms with van der Waals surface area (Å²) in [6.07, 6.45) is -1.04. The largest absolute Gasteiger partial charge is 0.495 e. The Morgan fingerprint density at radius 1 is 1.23 bits per heavy atom. The summed E-state index contributed by atoms with van der Waals surface area (Å²) in [5.74, 6) is -0.763. The number of ether oxygens (including phenoxy) is 2. The zero-order valence-electron chi connectivity index (χ0n) is 14.1. The lowest BCUT2D eigenvalue weighted by molar-refractivity contribution is -0.123. The third-order valence-corrected chi connectivity index (χ3v) is 3.97. The highest BCUT2D eigenvalue weighted by Crippen LogP contribution is 2.28. The van der Waals surface area contributed by atoms with Crippen LogP contribution >= 0.6 is 11.6 Å². The van der Waals surface area contributed by atoms with E-state index in [0.29, 0.717) is 27.4 Å². The van der Waals surface area contributed by atoms with E-state index in [0.717, 1.165) is 0 Å². The van der Waals surface area contributed by atoms with Crippen LogP contribution in [0.15, 0.2) is 42.5 Å². The maximum absolute atomic E-state index is 12.3. The molecule has 2 aromatic carbocycles. The Kier molecular flexibility index (Phi) is 5.09. The fraction of sp³-hybridized carbons (Fsp3) is 0.167. The highest BCUT2D eigenvalue weighted by atomic mass is 35.5. The Balaban J connectivity index is 1.71. The fourth-order valence-electron chi connectivity index (χ4n) is 2.40. The predicted molar refractivity (Wildman–Crippen MR) is 97.6 cm³/mol. The van der Waals surface area contributed by atoms with Gasteiger partial charge in [0.05, 0.1) is 18.3 Å². The molecule has 0 bridgehead atoms. The molecule has 0 aliphatic carbocycles. The lowest BCUT2D eigenvalue weighted by Crippen LogP contribution is -2.30. The van der Waals surface area contributed by atoms with Crippen LogP contribution in [0.3, 0.4) is 0 Å². The van der Waals surface area contributed by atoms with Crippen molar-refractivity contribution >= 4 is 40.1 Å². The van der Waals surface area contributed by atoms with Gasteiger partial charge in [-0.15, -0.1) is 0 Å². The summed E-state index contributed by atoms with van der Waals surface area (Å²) < 4.78 is 10.4. The van der Waals surface area contributed by atoms with Crippen molar-refractivity contribution in [1.82, 2.24) is 10.2 Å². The van der Waals surface area contributed by atoms with Gasteiger partial charge in [-0.3, -0.25) is 9.89 Å². The fourth-order valence-corrected chi connectivity index (χ4v) is 2.57. The van der Waals surface area contributed by atoms with E-state index in [4.69, 9.17) is 21.1 Å². The molecule has 7 nitrogen and oxygen atoms in total. The molecule has 0 unspecified atom stereocenters. The summed E-state index contributed by atoms with van der Waals surface area (Å²) in [7, 11) is 1.48. The van der Waals surface area contributed by atoms with Crippen LogP contribution in [0, 0.1) is 0 Å². The first-order valence-electron chi connectivity index (χ1n) is 7.78. The number of carbonyl (C=O) groups excluding carboxylic acids is 2. The number of hydrogen-bond acceptors (Lipinski definition) is 5. The quantitative estimate of drug-likeness (QED) is 0.668. The van der Waals surface area contributed by atoms with E-state index in [9.17, 15) is 9.59 Å². The predicted octanol–water partition coefficient (Wildman–Crippen LogP) is 3.41. The molecule has 3 aromatic rings. The van der Waals surface area contributed by atoms with Gasteiger partial charge in [0, 0.05) is 10.4 Å². The lowest BCUT2D eigenvalue weighted by atomic mass is 10.2. The third-order valence-electron chi connectivity index (χ3n) is 3.74. The van der Waals surface area contributed by atoms with E-state index in [1.54, 1.807) is 36.4 Å². The molecular weight excluding hydrogens is 358 g/mol. The number of H-pyrrole nitrogens is 1. The van der Waals surface area contributed by atoms with Gasteiger partial charge in [0.1, 0.15) is 5.75 Å². The first kappa shape index (κ1) is 17.8. The standard InChI is InChI=1S/C18H16ClN3O4/c1-10(17(23)20-14-9-11(19)7-8-15(14)25-2)26-18(24)16-12-5-3-4-6-13(12)21-22-16/h3-10H,1-2H3,(H,20,23)(H,21,22)/t10-/m1/s1. The zero-order chi connectivity index (χ0) is 18.7. The minimum atomic E-state index is -1.04. The molecular formula is C18H16ClN3O4. The van der Waals surface area contributed by atoms with E-state index >= 15 is 0 Å². The summed E-state index contributed by atoms with van der Waals surface area (Å²) in [6, 6.07) is 12.0. The molecule has 0 fully saturated rings. The maximum atomic E-state index is 12.3. The van der Waals surface area contributed by atoms with Crippen molar-refractivity contribution in [2.45, 2.75) is 13.0 Å². The number of anilines is 1. The van der Waals surface area contributed by atoms with Crippen molar-refractivity contribution in [1.29, 1.82) is 0 Å². The highest BCUT2D eigenvalue weighted by Gasteiger charge is 2.23. The number of amides is 1. The summed E-state index contributed by atoms with van der Waals surface area (Å²) in [5, 5.41) is 10.4. The maximum Gasteiger partial charge on any atom is 0.360 e. The molecule has 0 spiro atoms. The van der Waals surface area contributed by atoms with Crippen LogP contribution < -0.4 is 10.1 Å². The molecule has 134 valence electrons. The summed E-state index contributed by atoms with van der Waals surface area (Å²) in [5.41, 5.74) is 1.22. The van der Waals surface area contributed by atoms with Crippen LogP contribution in [-0.4, -0.2) is 35.3 Å². The molecule has 26 heavy (non-hydrogen) atoms. The van der Waals surface area contributed by atoms with Crippen LogP contribution in [0.2, 0.25) is 5.02 Å². The number of aromatic nitrogens is 2. The van der Waals surface area contributed by atoms with E-state index in [2.05, 4.69) is 15.5 Å². The molecule has 1 aromatic heterocycles. The average Bonchev–Trinajstić information content (AvgIpc) is 3.06. The van der Waals surface area contributed by atoms with Gasteiger partial charge in [0.15, 0.2) is 11.8 Å². The Labute approximate surface area is 154 Å². The van der Waals surface area contributed by atoms with Gasteiger partial charge in [-0.1, -0.05) is 29.8 Å². The summed E-state index contributed by atoms with van der Waals surface area (Å²) in [4.78, 5) is 24.7. The van der Waals surface area contributed by atoms with Crippen LogP contribution in [0.1, 0.15) is 17.4 Å². The third kappa shape index (κ3) is 3.62. The number of para-hydroxylation sites is 1. The molecule has 0 saturated carbocycles. The number of nitrogens with one attached hydrogen (secondary N) is 2. The number of aromatic amines is 1. The normalized spacial score (nSPS) is 11.8. The number of rotatable bonds is 5. The first-order chi connectivity index (χ1) is 12.5. The van der Waals surface area contributed by atoms with Gasteiger partial charge in [-0.2, -0.15) is 5.10 Å². The molecule has 0 aliphatic heterocycles. The molecule has 3 rings (SSSR count). The van der Waals surface area contributed by atoms with Gasteiger partial charge in [0.25, 0.3) is 5.91 Å². The number of nitrogens with zero attached hydrogens (tertiary/aromatic N) is 1. The minimum Gasteiger partial charge on any atom is -0.495 e. The van der Waals surface area contributed by atoms with Crippen LogP contribution in [0.25, 0.3) is 10.9 Å². The van der Waals surface area contributed by atoms with Crippen LogP contribution in [-0.2, 0) is 9.53 Å². The van der Waals surface area contributed by atoms with E-state index in [1.807, 2.05) is 6.07 Å². The van der Waals surface area contributed by atoms with Crippen LogP contribution in [0.5, 0.6) is 5.75 Å². The topological polar surface area (TPSA) is 93.3 Å². The van der Waals surface area contributed by atoms with Crippen molar-refractivity contribution in [3.63, 3.8) is 0 Å². The van der Waals surface area contributed by atoms with Crippen molar-refractivity contribution in [2.24, 2.45) is 0 Å². The monoisotopic (exact) mass is 373 g/mol. The Bertz CT molecular complexity index is 970. The lowest BCUT2D eigenvalue weighted by Gasteiger charge is -2.15. The Morgan fingerprint density at radius 3 is 2.77 bits per heavy atom. The smallest absolute Gasteiger partial charge is 0.360 e. The molecule has 0 saturated heterocycles. The number of hydrogen-bond donors (Lipinski definition) is 2. The molecule has 0 aliphatic rings. The van der Waals surface area contributed by atoms with E-state index in [-0.39, 0.29) is 5.69 Å². The highest BCUT2D eigenvalue weighted by molar-refractivity contribution is 6.31. The van der Waals surface area contributed by atoms with Gasteiger partial charge in [-0.05, 0) is 31.2 Å². The zero-order valence-corrected chi connectivity index (χ0v) is 14.8. The molecule has 0 radical (unpaired) electrons. The number of fused-ring (bicyclic) bond motifs is 1. The summed E-state index contributed by atoms with van der Waals surface area (Å²) >= 11 is 5.94. The van der Waals surface area contributed by atoms with Gasteiger partial charge in [0.2, 0.25) is 0 Å². The molecule has 2 N–H and O–H groups in total. The number of carbonyl (C=O) groups is 2. The van der Waals surface area contributed by atoms with E-state index in [1.165, 1.54) is 14.0 Å². The summed E-state index contributed by atoms with van der Waals surface area (Å²) in [6.45, 7) is 1.47. The number of halogens is 1. The van der Waals surface area contributed by atoms with E-state index < -0.39 is 18.0 Å². The van der Waals surface area contributed by atoms with Crippen molar-refractivity contribution in [2.75, 3.05) is 12.4 Å². The second-order valence-corrected chi connectivity index (χ2v) is 5.94. The van der Waals surface area contributed by atoms with Crippen LogP contribution in [0.4, 0.5) is 5.69 Å². The molecule has 1 heterocycles. The Hall–Kier alpha value is -3.06. The number of esters is 1. The van der Waals surface area contributed by atoms with Gasteiger partial charge >= 0.3 is 5.97 Å².